The van der Waals surface area contributed by atoms with Crippen LogP contribution in [-0.4, -0.2) is 29.4 Å². The quantitative estimate of drug-likeness (QED) is 0.429. The molecule has 0 saturated heterocycles. The fraction of sp³-hybridized carbons (Fsp3) is 0.190. The second-order valence-electron chi connectivity index (χ2n) is 7.63. The molecule has 31 heavy (non-hydrogen) atoms. The molecule has 0 unspecified atom stereocenters. The van der Waals surface area contributed by atoms with Gasteiger partial charge in [-0.15, -0.1) is 0 Å². The number of sulfonamides is 1. The molecule has 2 heterocycles. The van der Waals surface area contributed by atoms with Gasteiger partial charge in [-0.05, 0) is 60.2 Å². The maximum absolute atomic E-state index is 14.4. The summed E-state index contributed by atoms with van der Waals surface area (Å²) in [6.45, 7) is 0. The second kappa shape index (κ2) is 7.24. The molecule has 0 spiro atoms. The summed E-state index contributed by atoms with van der Waals surface area (Å²) in [6.07, 6.45) is 3.40. The average molecular weight is 446 g/mol. The molecule has 4 aromatic rings. The first-order chi connectivity index (χ1) is 14.8. The number of nitrogens with zero attached hydrogens (tertiary/aromatic N) is 1. The van der Waals surface area contributed by atoms with Crippen LogP contribution in [0.2, 0.25) is 0 Å². The Labute approximate surface area is 175 Å². The number of halogens is 3. The molecule has 160 valence electrons. The van der Waals surface area contributed by atoms with Crippen molar-refractivity contribution in [3.05, 3.63) is 71.9 Å². The summed E-state index contributed by atoms with van der Waals surface area (Å²) in [5, 5.41) is 0.371. The zero-order chi connectivity index (χ0) is 21.8. The Morgan fingerprint density at radius 1 is 1.03 bits per heavy atom. The molecule has 10 heteroatoms. The van der Waals surface area contributed by atoms with Crippen molar-refractivity contribution in [1.29, 1.82) is 0 Å². The van der Waals surface area contributed by atoms with Crippen molar-refractivity contribution in [2.45, 2.75) is 29.8 Å². The van der Waals surface area contributed by atoms with E-state index < -0.39 is 27.5 Å². The van der Waals surface area contributed by atoms with E-state index in [9.17, 15) is 21.6 Å². The first-order valence-electron chi connectivity index (χ1n) is 9.59. The highest BCUT2D eigenvalue weighted by atomic mass is 32.2. The number of imidazole rings is 1. The van der Waals surface area contributed by atoms with Gasteiger partial charge in [-0.1, -0.05) is 0 Å². The van der Waals surface area contributed by atoms with Crippen molar-refractivity contribution in [2.75, 3.05) is 0 Å². The first kappa shape index (κ1) is 19.8. The monoisotopic (exact) mass is 446 g/mol. The maximum Gasteiger partial charge on any atom is 0.257 e. The SMILES string of the molecule is O=S(=O)(NC1CC(c2c(-c3ccc(F)cc3)[nH]c3c(F)cc(F)cc23)C1)c1cnc[nH]1. The second-order valence-corrected chi connectivity index (χ2v) is 9.32. The minimum atomic E-state index is -3.73. The fourth-order valence-corrected chi connectivity index (χ4v) is 5.30. The molecular weight excluding hydrogens is 429 g/mol. The third-order valence-corrected chi connectivity index (χ3v) is 7.07. The van der Waals surface area contributed by atoms with Crippen molar-refractivity contribution in [2.24, 2.45) is 0 Å². The van der Waals surface area contributed by atoms with Crippen LogP contribution in [0.15, 0.2) is 53.9 Å². The number of fused-ring (bicyclic) bond motifs is 1. The summed E-state index contributed by atoms with van der Waals surface area (Å²) in [6, 6.07) is 7.46. The molecule has 3 N–H and O–H groups in total. The molecule has 2 aromatic heterocycles. The molecule has 5 rings (SSSR count). The zero-order valence-electron chi connectivity index (χ0n) is 16.0. The van der Waals surface area contributed by atoms with E-state index >= 15 is 0 Å². The smallest absolute Gasteiger partial charge is 0.257 e. The number of aromatic nitrogens is 3. The van der Waals surface area contributed by atoms with Crippen LogP contribution < -0.4 is 4.72 Å². The Kier molecular flexibility index (Phi) is 4.63. The molecule has 1 aliphatic rings. The number of rotatable bonds is 5. The summed E-state index contributed by atoms with van der Waals surface area (Å²) in [7, 11) is -3.73. The van der Waals surface area contributed by atoms with Crippen molar-refractivity contribution < 1.29 is 21.6 Å². The van der Waals surface area contributed by atoms with Gasteiger partial charge in [0.2, 0.25) is 0 Å². The minimum absolute atomic E-state index is 0.0285. The average Bonchev–Trinajstić information content (AvgIpc) is 3.34. The highest BCUT2D eigenvalue weighted by Gasteiger charge is 2.37. The topological polar surface area (TPSA) is 90.6 Å². The summed E-state index contributed by atoms with van der Waals surface area (Å²) >= 11 is 0. The Bertz CT molecular complexity index is 1360. The molecule has 6 nitrogen and oxygen atoms in total. The van der Waals surface area contributed by atoms with E-state index in [0.29, 0.717) is 35.0 Å². The molecule has 1 saturated carbocycles. The van der Waals surface area contributed by atoms with Crippen LogP contribution in [0.25, 0.3) is 22.2 Å². The maximum atomic E-state index is 14.4. The van der Waals surface area contributed by atoms with E-state index in [0.717, 1.165) is 6.07 Å². The fourth-order valence-electron chi connectivity index (χ4n) is 4.13. The van der Waals surface area contributed by atoms with Crippen molar-refractivity contribution >= 4 is 20.9 Å². The predicted molar refractivity (Wildman–Crippen MR) is 108 cm³/mol. The number of benzene rings is 2. The third kappa shape index (κ3) is 3.51. The summed E-state index contributed by atoms with van der Waals surface area (Å²) in [5.41, 5.74) is 2.06. The molecule has 1 fully saturated rings. The molecule has 0 radical (unpaired) electrons. The molecule has 0 amide bonds. The molecular formula is C21H17F3N4O2S. The Morgan fingerprint density at radius 2 is 1.77 bits per heavy atom. The van der Waals surface area contributed by atoms with Gasteiger partial charge < -0.3 is 9.97 Å². The molecule has 0 atom stereocenters. The van der Waals surface area contributed by atoms with Gasteiger partial charge in [0.1, 0.15) is 17.5 Å². The lowest BCUT2D eigenvalue weighted by Gasteiger charge is -2.36. The minimum Gasteiger partial charge on any atom is -0.352 e. The summed E-state index contributed by atoms with van der Waals surface area (Å²) in [5.74, 6) is -1.97. The molecule has 1 aliphatic carbocycles. The van der Waals surface area contributed by atoms with Crippen LogP contribution in [-0.2, 0) is 10.0 Å². The van der Waals surface area contributed by atoms with Gasteiger partial charge in [0, 0.05) is 17.5 Å². The molecule has 2 aromatic carbocycles. The van der Waals surface area contributed by atoms with E-state index in [1.165, 1.54) is 30.7 Å². The largest absolute Gasteiger partial charge is 0.352 e. The van der Waals surface area contributed by atoms with E-state index in [4.69, 9.17) is 0 Å². The zero-order valence-corrected chi connectivity index (χ0v) is 16.8. The van der Waals surface area contributed by atoms with Crippen LogP contribution >= 0.6 is 0 Å². The lowest BCUT2D eigenvalue weighted by Crippen LogP contribution is -2.43. The van der Waals surface area contributed by atoms with Gasteiger partial charge in [0.15, 0.2) is 5.03 Å². The van der Waals surface area contributed by atoms with Crippen LogP contribution in [0.1, 0.15) is 24.3 Å². The Morgan fingerprint density at radius 3 is 2.45 bits per heavy atom. The highest BCUT2D eigenvalue weighted by Crippen LogP contribution is 2.46. The third-order valence-electron chi connectivity index (χ3n) is 5.63. The Hall–Kier alpha value is -3.11. The highest BCUT2D eigenvalue weighted by molar-refractivity contribution is 7.89. The number of hydrogen-bond acceptors (Lipinski definition) is 3. The van der Waals surface area contributed by atoms with Gasteiger partial charge in [-0.25, -0.2) is 31.3 Å². The number of aromatic amines is 2. The van der Waals surface area contributed by atoms with E-state index in [2.05, 4.69) is 19.7 Å². The summed E-state index contributed by atoms with van der Waals surface area (Å²) < 4.78 is 69.2. The van der Waals surface area contributed by atoms with Crippen LogP contribution in [0, 0.1) is 17.5 Å². The van der Waals surface area contributed by atoms with Crippen LogP contribution in [0.5, 0.6) is 0 Å². The first-order valence-corrected chi connectivity index (χ1v) is 11.1. The van der Waals surface area contributed by atoms with Gasteiger partial charge in [0.25, 0.3) is 10.0 Å². The number of hydrogen-bond donors (Lipinski definition) is 3. The van der Waals surface area contributed by atoms with Gasteiger partial charge >= 0.3 is 0 Å². The molecule has 0 bridgehead atoms. The van der Waals surface area contributed by atoms with Crippen molar-refractivity contribution in [3.8, 4) is 11.3 Å². The van der Waals surface area contributed by atoms with Crippen LogP contribution in [0.4, 0.5) is 13.2 Å². The Balaban J connectivity index is 1.49. The van der Waals surface area contributed by atoms with Gasteiger partial charge in [-0.3, -0.25) is 0 Å². The van der Waals surface area contributed by atoms with Gasteiger partial charge in [-0.2, -0.15) is 0 Å². The molecule has 0 aliphatic heterocycles. The summed E-state index contributed by atoms with van der Waals surface area (Å²) in [4.78, 5) is 9.30. The van der Waals surface area contributed by atoms with Crippen molar-refractivity contribution in [1.82, 2.24) is 19.7 Å². The van der Waals surface area contributed by atoms with Crippen LogP contribution in [0.3, 0.4) is 0 Å². The number of H-pyrrole nitrogens is 2. The van der Waals surface area contributed by atoms with E-state index in [1.54, 1.807) is 12.1 Å². The standard InChI is InChI=1S/C21H17F3N4O2S/c22-13-3-1-11(2-4-13)20-19(16-7-14(23)8-17(24)21(16)27-20)12-5-15(6-12)28-31(29,30)18-9-25-10-26-18/h1-4,7-10,12,15,27-28H,5-6H2,(H,25,26). The normalized spacial score (nSPS) is 18.9. The predicted octanol–water partition coefficient (Wildman–Crippen LogP) is 4.20. The van der Waals surface area contributed by atoms with E-state index in [-0.39, 0.29) is 22.5 Å². The van der Waals surface area contributed by atoms with Crippen molar-refractivity contribution in [3.63, 3.8) is 0 Å². The lowest BCUT2D eigenvalue weighted by atomic mass is 9.74. The van der Waals surface area contributed by atoms with E-state index in [1.807, 2.05) is 0 Å². The van der Waals surface area contributed by atoms with Gasteiger partial charge in [0.05, 0.1) is 23.7 Å². The number of nitrogens with one attached hydrogen (secondary N) is 3. The lowest BCUT2D eigenvalue weighted by molar-refractivity contribution is 0.328.